The van der Waals surface area contributed by atoms with E-state index >= 15 is 0 Å². The van der Waals surface area contributed by atoms with Gasteiger partial charge >= 0.3 is 5.97 Å². The van der Waals surface area contributed by atoms with Crippen molar-refractivity contribution in [3.63, 3.8) is 0 Å². The predicted molar refractivity (Wildman–Crippen MR) is 75.3 cm³/mol. The molecule has 0 unspecified atom stereocenters. The molecule has 0 atom stereocenters. The van der Waals surface area contributed by atoms with E-state index in [0.717, 1.165) is 10.7 Å². The van der Waals surface area contributed by atoms with Gasteiger partial charge in [0.25, 0.3) is 11.5 Å². The summed E-state index contributed by atoms with van der Waals surface area (Å²) in [5.41, 5.74) is 0.0961. The number of carbonyl (C=O) groups is 2. The Bertz CT molecular complexity index is 724. The lowest BCUT2D eigenvalue weighted by molar-refractivity contribution is -0.138. The Morgan fingerprint density at radius 1 is 1.19 bits per heavy atom. The number of aliphatic carboxylic acids is 1. The Kier molecular flexibility index (Phi) is 4.13. The number of carbonyl (C=O) groups excluding carboxylic acids is 1. The monoisotopic (exact) mass is 287 g/mol. The first kappa shape index (κ1) is 14.4. The summed E-state index contributed by atoms with van der Waals surface area (Å²) in [6, 6.07) is 11.3. The van der Waals surface area contributed by atoms with E-state index in [2.05, 4.69) is 5.10 Å². The second-order valence-corrected chi connectivity index (χ2v) is 4.31. The van der Waals surface area contributed by atoms with Crippen LogP contribution in [-0.2, 0) is 11.3 Å². The number of nitrogens with zero attached hydrogens (tertiary/aromatic N) is 3. The number of aromatic nitrogens is 2. The zero-order valence-corrected chi connectivity index (χ0v) is 11.3. The van der Waals surface area contributed by atoms with Crippen LogP contribution in [0.4, 0.5) is 5.69 Å². The van der Waals surface area contributed by atoms with E-state index in [1.807, 2.05) is 6.07 Å². The third-order valence-corrected chi connectivity index (χ3v) is 2.82. The highest BCUT2D eigenvalue weighted by molar-refractivity contribution is 6.04. The normalized spacial score (nSPS) is 10.1. The third kappa shape index (κ3) is 3.33. The molecule has 0 spiro atoms. The van der Waals surface area contributed by atoms with Crippen molar-refractivity contribution in [2.75, 3.05) is 11.9 Å². The minimum atomic E-state index is -1.20. The highest BCUT2D eigenvalue weighted by Gasteiger charge is 2.16. The van der Waals surface area contributed by atoms with Crippen LogP contribution in [0.1, 0.15) is 10.5 Å². The van der Waals surface area contributed by atoms with Crippen molar-refractivity contribution in [2.45, 2.75) is 6.54 Å². The number of carboxylic acid groups (broad SMARTS) is 1. The molecule has 0 aliphatic rings. The molecule has 1 N–H and O–H groups in total. The van der Waals surface area contributed by atoms with Crippen LogP contribution in [0, 0.1) is 0 Å². The largest absolute Gasteiger partial charge is 0.480 e. The van der Waals surface area contributed by atoms with Crippen molar-refractivity contribution in [2.24, 2.45) is 0 Å². The van der Waals surface area contributed by atoms with Gasteiger partial charge in [-0.25, -0.2) is 4.68 Å². The van der Waals surface area contributed by atoms with Crippen molar-refractivity contribution in [1.82, 2.24) is 9.78 Å². The lowest BCUT2D eigenvalue weighted by Gasteiger charge is -2.16. The maximum atomic E-state index is 12.3. The molecule has 0 saturated heterocycles. The topological polar surface area (TPSA) is 92.5 Å². The first-order valence-corrected chi connectivity index (χ1v) is 6.12. The fraction of sp³-hybridized carbons (Fsp3) is 0.143. The van der Waals surface area contributed by atoms with Crippen molar-refractivity contribution in [3.05, 3.63) is 58.5 Å². The molecule has 0 fully saturated rings. The Labute approximate surface area is 120 Å². The third-order valence-electron chi connectivity index (χ3n) is 2.82. The molecule has 1 amide bonds. The highest BCUT2D eigenvalue weighted by atomic mass is 16.4. The van der Waals surface area contributed by atoms with Gasteiger partial charge < -0.3 is 10.0 Å². The molecule has 0 aliphatic heterocycles. The smallest absolute Gasteiger partial charge is 0.325 e. The average Bonchev–Trinajstić information content (AvgIpc) is 2.48. The van der Waals surface area contributed by atoms with Gasteiger partial charge in [-0.05, 0) is 18.2 Å². The van der Waals surface area contributed by atoms with E-state index in [0.29, 0.717) is 5.69 Å². The van der Waals surface area contributed by atoms with Crippen molar-refractivity contribution in [1.29, 1.82) is 0 Å². The molecule has 1 heterocycles. The molecule has 0 saturated carbocycles. The molecular formula is C14H13N3O4. The number of hydrogen-bond acceptors (Lipinski definition) is 4. The lowest BCUT2D eigenvalue weighted by atomic mass is 10.2. The van der Waals surface area contributed by atoms with Gasteiger partial charge in [-0.3, -0.25) is 14.4 Å². The zero-order valence-electron chi connectivity index (χ0n) is 11.3. The summed E-state index contributed by atoms with van der Waals surface area (Å²) in [5.74, 6) is -1.63. The molecular weight excluding hydrogens is 274 g/mol. The quantitative estimate of drug-likeness (QED) is 0.889. The van der Waals surface area contributed by atoms with Crippen LogP contribution in [0.25, 0.3) is 0 Å². The standard InChI is InChI=1S/C14H13N3O4/c1-16(10-5-3-2-4-6-10)14(21)11-7-8-12(18)17(15-11)9-13(19)20/h2-8H,9H2,1H3,(H,19,20). The van der Waals surface area contributed by atoms with Gasteiger partial charge in [-0.1, -0.05) is 18.2 Å². The van der Waals surface area contributed by atoms with Crippen molar-refractivity contribution in [3.8, 4) is 0 Å². The average molecular weight is 287 g/mol. The first-order chi connectivity index (χ1) is 9.99. The number of hydrogen-bond donors (Lipinski definition) is 1. The van der Waals surface area contributed by atoms with E-state index in [9.17, 15) is 14.4 Å². The Morgan fingerprint density at radius 3 is 2.48 bits per heavy atom. The van der Waals surface area contributed by atoms with Crippen molar-refractivity contribution >= 4 is 17.6 Å². The maximum absolute atomic E-state index is 12.3. The molecule has 7 heteroatoms. The Balaban J connectivity index is 2.31. The van der Waals surface area contributed by atoms with E-state index in [1.54, 1.807) is 31.3 Å². The van der Waals surface area contributed by atoms with Gasteiger partial charge in [0.1, 0.15) is 12.2 Å². The molecule has 108 valence electrons. The van der Waals surface area contributed by atoms with Gasteiger partial charge in [0.15, 0.2) is 0 Å². The molecule has 1 aromatic carbocycles. The van der Waals surface area contributed by atoms with Crippen LogP contribution in [0.5, 0.6) is 0 Å². The molecule has 21 heavy (non-hydrogen) atoms. The number of amides is 1. The van der Waals surface area contributed by atoms with E-state index in [4.69, 9.17) is 5.11 Å². The van der Waals surface area contributed by atoms with Crippen LogP contribution in [-0.4, -0.2) is 33.8 Å². The van der Waals surface area contributed by atoms with Gasteiger partial charge in [-0.2, -0.15) is 5.10 Å². The second-order valence-electron chi connectivity index (χ2n) is 4.31. The zero-order chi connectivity index (χ0) is 15.4. The predicted octanol–water partition coefficient (Wildman–Crippen LogP) is 0.604. The molecule has 1 aromatic heterocycles. The van der Waals surface area contributed by atoms with E-state index in [1.165, 1.54) is 11.0 Å². The highest BCUT2D eigenvalue weighted by Crippen LogP contribution is 2.13. The number of benzene rings is 1. The van der Waals surface area contributed by atoms with Crippen LogP contribution >= 0.6 is 0 Å². The first-order valence-electron chi connectivity index (χ1n) is 6.12. The fourth-order valence-electron chi connectivity index (χ4n) is 1.75. The molecule has 0 radical (unpaired) electrons. The van der Waals surface area contributed by atoms with Gasteiger partial charge in [0, 0.05) is 18.8 Å². The summed E-state index contributed by atoms with van der Waals surface area (Å²) in [4.78, 5) is 35.8. The summed E-state index contributed by atoms with van der Waals surface area (Å²) in [6.07, 6.45) is 0. The summed E-state index contributed by atoms with van der Waals surface area (Å²) >= 11 is 0. The second kappa shape index (κ2) is 6.00. The summed E-state index contributed by atoms with van der Waals surface area (Å²) in [7, 11) is 1.58. The molecule has 2 aromatic rings. The molecule has 2 rings (SSSR count). The molecule has 0 aliphatic carbocycles. The summed E-state index contributed by atoms with van der Waals surface area (Å²) in [5, 5.41) is 12.5. The van der Waals surface area contributed by atoms with Crippen molar-refractivity contribution < 1.29 is 14.7 Å². The minimum absolute atomic E-state index is 0.00204. The van der Waals surface area contributed by atoms with E-state index < -0.39 is 24.0 Å². The van der Waals surface area contributed by atoms with Crippen LogP contribution in [0.3, 0.4) is 0 Å². The lowest BCUT2D eigenvalue weighted by Crippen LogP contribution is -2.32. The number of anilines is 1. The Morgan fingerprint density at radius 2 is 1.86 bits per heavy atom. The Hall–Kier alpha value is -2.96. The van der Waals surface area contributed by atoms with Crippen LogP contribution < -0.4 is 10.5 Å². The summed E-state index contributed by atoms with van der Waals surface area (Å²) in [6.45, 7) is -0.588. The van der Waals surface area contributed by atoms with Gasteiger partial charge in [0.05, 0.1) is 0 Å². The van der Waals surface area contributed by atoms with Crippen LogP contribution in [0.15, 0.2) is 47.3 Å². The number of carboxylic acids is 1. The maximum Gasteiger partial charge on any atom is 0.325 e. The SMILES string of the molecule is CN(C(=O)c1ccc(=O)n(CC(=O)O)n1)c1ccccc1. The molecule has 0 bridgehead atoms. The summed E-state index contributed by atoms with van der Waals surface area (Å²) < 4.78 is 0.744. The fourth-order valence-corrected chi connectivity index (χ4v) is 1.75. The van der Waals surface area contributed by atoms with Gasteiger partial charge in [0.2, 0.25) is 0 Å². The minimum Gasteiger partial charge on any atom is -0.480 e. The van der Waals surface area contributed by atoms with Gasteiger partial charge in [-0.15, -0.1) is 0 Å². The number of rotatable bonds is 4. The van der Waals surface area contributed by atoms with E-state index in [-0.39, 0.29) is 5.69 Å². The number of para-hydroxylation sites is 1. The molecule has 7 nitrogen and oxygen atoms in total. The van der Waals surface area contributed by atoms with Crippen LogP contribution in [0.2, 0.25) is 0 Å².